The Kier molecular flexibility index (Phi) is 5.34. The summed E-state index contributed by atoms with van der Waals surface area (Å²) in [6, 6.07) is 0. The molecule has 0 saturated carbocycles. The molecule has 1 heterocycles. The predicted octanol–water partition coefficient (Wildman–Crippen LogP) is 0.666. The lowest BCUT2D eigenvalue weighted by Gasteiger charge is -1.74. The molecule has 0 aromatic heterocycles. The van der Waals surface area contributed by atoms with E-state index < -0.39 is 10.4 Å². The van der Waals surface area contributed by atoms with Crippen LogP contribution in [-0.2, 0) is 10.4 Å². The molecule has 0 fully saturated rings. The minimum absolute atomic E-state index is 1.47. The van der Waals surface area contributed by atoms with Crippen molar-refractivity contribution in [2.24, 2.45) is 25.9 Å². The first kappa shape index (κ1) is 11.5. The smallest absolute Gasteiger partial charge is 0.264 e. The third-order valence-corrected chi connectivity index (χ3v) is 0.489. The first-order valence-corrected chi connectivity index (χ1v) is 4.08. The summed E-state index contributed by atoms with van der Waals surface area (Å²) in [5.74, 6) is 0. The van der Waals surface area contributed by atoms with E-state index in [4.69, 9.17) is 17.5 Å². The summed E-state index contributed by atoms with van der Waals surface area (Å²) in [5, 5.41) is 16.4. The molecule has 13 heavy (non-hydrogen) atoms. The number of nitrogens with zero attached hydrogens (tertiary/aromatic N) is 5. The molecule has 0 aliphatic carbocycles. The van der Waals surface area contributed by atoms with Gasteiger partial charge in [-0.05, 0) is 21.7 Å². The monoisotopic (exact) mass is 207 g/mol. The molecule has 1 rings (SSSR count). The normalized spacial score (nSPS) is 14.3. The highest BCUT2D eigenvalue weighted by atomic mass is 32.3. The highest BCUT2D eigenvalue weighted by molar-refractivity contribution is 7.79. The van der Waals surface area contributed by atoms with E-state index in [-0.39, 0.29) is 0 Å². The van der Waals surface area contributed by atoms with Crippen LogP contribution in [0, 0.1) is 0 Å². The second kappa shape index (κ2) is 6.05. The lowest BCUT2D eigenvalue weighted by atomic mass is 10.7. The Morgan fingerprint density at radius 3 is 2.31 bits per heavy atom. The van der Waals surface area contributed by atoms with Crippen molar-refractivity contribution in [2.45, 2.75) is 0 Å². The summed E-state index contributed by atoms with van der Waals surface area (Å²) in [6.45, 7) is 0. The average molecular weight is 207 g/mol. The molecule has 1 aliphatic rings. The summed E-state index contributed by atoms with van der Waals surface area (Å²) in [5.41, 5.74) is 0. The van der Waals surface area contributed by atoms with Crippen LogP contribution in [0.2, 0.25) is 0 Å². The van der Waals surface area contributed by atoms with E-state index in [9.17, 15) is 0 Å². The Hall–Kier alpha value is -1.52. The molecule has 2 N–H and O–H groups in total. The van der Waals surface area contributed by atoms with Gasteiger partial charge in [-0.15, -0.1) is 10.2 Å². The van der Waals surface area contributed by atoms with E-state index in [0.29, 0.717) is 0 Å². The first-order valence-electron chi connectivity index (χ1n) is 2.68. The molecule has 0 aromatic carbocycles. The molecule has 10 heteroatoms. The van der Waals surface area contributed by atoms with Crippen LogP contribution in [0.15, 0.2) is 38.2 Å². The Balaban J connectivity index is 0.000000252. The Morgan fingerprint density at radius 1 is 1.08 bits per heavy atom. The van der Waals surface area contributed by atoms with Crippen molar-refractivity contribution < 1.29 is 17.5 Å². The fourth-order valence-corrected chi connectivity index (χ4v) is 0.239. The summed E-state index contributed by atoms with van der Waals surface area (Å²) >= 11 is 0. The molecule has 0 radical (unpaired) electrons. The van der Waals surface area contributed by atoms with Crippen LogP contribution in [0.5, 0.6) is 0 Å². The summed E-state index contributed by atoms with van der Waals surface area (Å²) < 4.78 is 31.6. The molecule has 9 nitrogen and oxygen atoms in total. The first-order chi connectivity index (χ1) is 6.00. The van der Waals surface area contributed by atoms with Gasteiger partial charge >= 0.3 is 10.4 Å². The van der Waals surface area contributed by atoms with Gasteiger partial charge in [0.05, 0.1) is 12.4 Å². The van der Waals surface area contributed by atoms with Gasteiger partial charge in [0, 0.05) is 0 Å². The molecular formula is C3H5N5O4S. The van der Waals surface area contributed by atoms with Gasteiger partial charge in [0.25, 0.3) is 0 Å². The van der Waals surface area contributed by atoms with Crippen molar-refractivity contribution in [3.05, 3.63) is 12.3 Å². The fourth-order valence-electron chi connectivity index (χ4n) is 0.239. The average Bonchev–Trinajstić information content (AvgIpc) is 1.79. The number of allylic oxidation sites excluding steroid dienone is 1. The number of hydrogen-bond acceptors (Lipinski definition) is 7. The summed E-state index contributed by atoms with van der Waals surface area (Å²) in [7, 11) is -4.67. The van der Waals surface area contributed by atoms with Crippen LogP contribution in [0.3, 0.4) is 0 Å². The Labute approximate surface area is 73.1 Å². The van der Waals surface area contributed by atoms with E-state index in [2.05, 4.69) is 25.9 Å². The highest BCUT2D eigenvalue weighted by Gasteiger charge is 1.84. The Morgan fingerprint density at radius 2 is 1.69 bits per heavy atom. The van der Waals surface area contributed by atoms with Crippen molar-refractivity contribution >= 4 is 16.6 Å². The second-order valence-electron chi connectivity index (χ2n) is 1.44. The van der Waals surface area contributed by atoms with Gasteiger partial charge in [-0.1, -0.05) is 0 Å². The van der Waals surface area contributed by atoms with Gasteiger partial charge in [0.1, 0.15) is 0 Å². The van der Waals surface area contributed by atoms with Crippen molar-refractivity contribution in [1.82, 2.24) is 0 Å². The van der Waals surface area contributed by atoms with Gasteiger partial charge < -0.3 is 0 Å². The zero-order valence-corrected chi connectivity index (χ0v) is 6.90. The molecule has 1 aliphatic heterocycles. The molecular weight excluding hydrogens is 202 g/mol. The molecule has 0 amide bonds. The number of rotatable bonds is 0. The van der Waals surface area contributed by atoms with Crippen LogP contribution in [-0.4, -0.2) is 23.7 Å². The Bertz CT molecular complexity index is 277. The third kappa shape index (κ3) is 17.9. The third-order valence-electron chi connectivity index (χ3n) is 0.489. The minimum atomic E-state index is -4.67. The minimum Gasteiger partial charge on any atom is -0.264 e. The van der Waals surface area contributed by atoms with E-state index >= 15 is 0 Å². The summed E-state index contributed by atoms with van der Waals surface area (Å²) in [6.07, 6.45) is 4.56. The van der Waals surface area contributed by atoms with Crippen LogP contribution in [0.4, 0.5) is 0 Å². The van der Waals surface area contributed by atoms with Gasteiger partial charge in [0.2, 0.25) is 0 Å². The standard InChI is InChI=1S/C3H3N5.H2O4S/c1-2-4-6-8-7-5-3-1;1-5(2,3)4/h1-3H;(H2,1,2,3,4). The maximum absolute atomic E-state index is 8.74. The maximum Gasteiger partial charge on any atom is 0.394 e. The van der Waals surface area contributed by atoms with Crippen molar-refractivity contribution in [1.29, 1.82) is 0 Å². The molecule has 0 aromatic rings. The van der Waals surface area contributed by atoms with E-state index in [1.54, 1.807) is 6.08 Å². The fraction of sp³-hybridized carbons (Fsp3) is 0. The largest absolute Gasteiger partial charge is 0.394 e. The summed E-state index contributed by atoms with van der Waals surface area (Å²) in [4.78, 5) is 0. The lowest BCUT2D eigenvalue weighted by molar-refractivity contribution is 0.381. The highest BCUT2D eigenvalue weighted by Crippen LogP contribution is 1.85. The van der Waals surface area contributed by atoms with Gasteiger partial charge in [-0.2, -0.15) is 8.42 Å². The quantitative estimate of drug-likeness (QED) is 0.563. The topological polar surface area (TPSA) is 136 Å². The molecule has 0 unspecified atom stereocenters. The molecule has 0 saturated heterocycles. The zero-order valence-electron chi connectivity index (χ0n) is 6.09. The molecule has 0 atom stereocenters. The lowest BCUT2D eigenvalue weighted by Crippen LogP contribution is -1.89. The van der Waals surface area contributed by atoms with Gasteiger partial charge in [-0.25, -0.2) is 0 Å². The molecule has 0 spiro atoms. The molecule has 72 valence electrons. The van der Waals surface area contributed by atoms with Crippen LogP contribution in [0.25, 0.3) is 0 Å². The SMILES string of the molecule is C1=CN=NN=NN=C1.O=S(=O)(O)O. The van der Waals surface area contributed by atoms with Crippen LogP contribution >= 0.6 is 0 Å². The second-order valence-corrected chi connectivity index (χ2v) is 2.33. The molecule has 0 bridgehead atoms. The predicted molar refractivity (Wildman–Crippen MR) is 41.5 cm³/mol. The van der Waals surface area contributed by atoms with Crippen molar-refractivity contribution in [2.75, 3.05) is 0 Å². The van der Waals surface area contributed by atoms with Crippen LogP contribution in [0.1, 0.15) is 0 Å². The number of hydrogen-bond donors (Lipinski definition) is 2. The van der Waals surface area contributed by atoms with E-state index in [1.807, 2.05) is 0 Å². The maximum atomic E-state index is 8.74. The van der Waals surface area contributed by atoms with Crippen LogP contribution < -0.4 is 0 Å². The van der Waals surface area contributed by atoms with Gasteiger partial charge in [0.15, 0.2) is 0 Å². The van der Waals surface area contributed by atoms with Crippen molar-refractivity contribution in [3.63, 3.8) is 0 Å². The van der Waals surface area contributed by atoms with Crippen molar-refractivity contribution in [3.8, 4) is 0 Å². The van der Waals surface area contributed by atoms with E-state index in [0.717, 1.165) is 0 Å². The zero-order chi connectivity index (χ0) is 10.2. The van der Waals surface area contributed by atoms with Gasteiger partial charge in [-0.3, -0.25) is 9.11 Å². The van der Waals surface area contributed by atoms with E-state index in [1.165, 1.54) is 12.4 Å².